The van der Waals surface area contributed by atoms with Gasteiger partial charge >= 0.3 is 12.1 Å². The van der Waals surface area contributed by atoms with Gasteiger partial charge < -0.3 is 19.1 Å². The fraction of sp³-hybridized carbons (Fsp3) is 0.450. The van der Waals surface area contributed by atoms with Crippen LogP contribution in [0.1, 0.15) is 15.9 Å². The van der Waals surface area contributed by atoms with Gasteiger partial charge in [-0.2, -0.15) is 0 Å². The van der Waals surface area contributed by atoms with Crippen molar-refractivity contribution < 1.29 is 37.4 Å². The van der Waals surface area contributed by atoms with Crippen LogP contribution in [0.4, 0.5) is 13.6 Å². The molecule has 0 saturated carbocycles. The Morgan fingerprint density at radius 1 is 1.23 bits per heavy atom. The number of fused-ring (bicyclic) bond motifs is 1. The van der Waals surface area contributed by atoms with Gasteiger partial charge in [-0.15, -0.1) is 5.54 Å². The molecule has 1 unspecified atom stereocenters. The summed E-state index contributed by atoms with van der Waals surface area (Å²) in [5.41, 5.74) is 0.721. The number of benzene rings is 1. The molecule has 1 heterocycles. The van der Waals surface area contributed by atoms with E-state index >= 15 is 0 Å². The Labute approximate surface area is 179 Å². The molecular weight excluding hydrogens is 430 g/mol. The molecule has 1 aliphatic heterocycles. The van der Waals surface area contributed by atoms with Crippen molar-refractivity contribution in [1.82, 2.24) is 10.2 Å². The van der Waals surface area contributed by atoms with Crippen LogP contribution in [0.5, 0.6) is 5.75 Å². The van der Waals surface area contributed by atoms with Crippen LogP contribution in [-0.4, -0.2) is 64.4 Å². The van der Waals surface area contributed by atoms with Crippen molar-refractivity contribution in [2.45, 2.75) is 31.7 Å². The van der Waals surface area contributed by atoms with Gasteiger partial charge in [-0.25, -0.2) is 18.4 Å². The summed E-state index contributed by atoms with van der Waals surface area (Å²) in [5, 5.41) is 2.35. The minimum absolute atomic E-state index is 0.0794. The second-order valence-electron chi connectivity index (χ2n) is 7.91. The van der Waals surface area contributed by atoms with Crippen molar-refractivity contribution in [3.05, 3.63) is 28.8 Å². The largest absolute Gasteiger partial charge is 0.491 e. The molecule has 1 aromatic rings. The normalized spacial score (nSPS) is 14.7. The van der Waals surface area contributed by atoms with Crippen LogP contribution >= 0.6 is 0 Å². The van der Waals surface area contributed by atoms with Gasteiger partial charge in [0.25, 0.3) is 5.91 Å². The summed E-state index contributed by atoms with van der Waals surface area (Å²) in [6.45, 7) is 5.08. The van der Waals surface area contributed by atoms with Crippen molar-refractivity contribution in [2.75, 3.05) is 27.9 Å². The summed E-state index contributed by atoms with van der Waals surface area (Å²) in [4.78, 5) is 38.7. The van der Waals surface area contributed by atoms with Crippen molar-refractivity contribution in [3.63, 3.8) is 0 Å². The number of ether oxygens (including phenoxy) is 3. The molecule has 1 aromatic carbocycles. The number of hydrogen-bond acceptors (Lipinski definition) is 6. The lowest BCUT2D eigenvalue weighted by molar-refractivity contribution is -0.146. The van der Waals surface area contributed by atoms with Crippen LogP contribution in [0.25, 0.3) is 0 Å². The lowest BCUT2D eigenvalue weighted by atomic mass is 10.00. The number of alkyl carbamates (subject to hydrolysis) is 1. The average molecular weight is 455 g/mol. The number of carbonyl (C=O) groups is 3. The van der Waals surface area contributed by atoms with Gasteiger partial charge in [0.1, 0.15) is 8.07 Å². The third-order valence-corrected chi connectivity index (χ3v) is 5.31. The van der Waals surface area contributed by atoms with Crippen molar-refractivity contribution in [1.29, 1.82) is 0 Å². The first-order chi connectivity index (χ1) is 14.4. The Morgan fingerprint density at radius 3 is 2.39 bits per heavy atom. The Kier molecular flexibility index (Phi) is 6.95. The Morgan fingerprint density at radius 2 is 1.87 bits per heavy atom. The van der Waals surface area contributed by atoms with E-state index in [0.29, 0.717) is 0 Å². The van der Waals surface area contributed by atoms with Crippen LogP contribution in [0.15, 0.2) is 6.07 Å². The fourth-order valence-corrected chi connectivity index (χ4v) is 3.60. The molecule has 11 heteroatoms. The van der Waals surface area contributed by atoms with Crippen LogP contribution in [0.2, 0.25) is 19.6 Å². The molecule has 0 fully saturated rings. The number of methoxy groups -OCH3 is 3. The maximum absolute atomic E-state index is 14.7. The quantitative estimate of drug-likeness (QED) is 0.416. The maximum Gasteiger partial charge on any atom is 0.408 e. The van der Waals surface area contributed by atoms with Gasteiger partial charge in [-0.1, -0.05) is 25.6 Å². The van der Waals surface area contributed by atoms with E-state index in [4.69, 9.17) is 9.47 Å². The van der Waals surface area contributed by atoms with E-state index in [1.165, 1.54) is 0 Å². The van der Waals surface area contributed by atoms with Crippen molar-refractivity contribution >= 4 is 26.0 Å². The second-order valence-corrected chi connectivity index (χ2v) is 12.7. The molecule has 0 radical (unpaired) electrons. The number of esters is 1. The molecule has 0 spiro atoms. The summed E-state index contributed by atoms with van der Waals surface area (Å²) >= 11 is 0. The third kappa shape index (κ3) is 4.96. The van der Waals surface area contributed by atoms with Crippen LogP contribution in [0.3, 0.4) is 0 Å². The molecule has 168 valence electrons. The summed E-state index contributed by atoms with van der Waals surface area (Å²) in [6, 6.07) is 0.996. The predicted molar refractivity (Wildman–Crippen MR) is 109 cm³/mol. The highest BCUT2D eigenvalue weighted by molar-refractivity contribution is 6.83. The average Bonchev–Trinajstić information content (AvgIpc) is 2.99. The molecule has 0 saturated heterocycles. The standard InChI is InChI=1S/C20H24F2N2O6Si/c1-28-16-13(21)9-12-10-24(17(25)14(12)15(16)22)11-20(18(26)29-2,23-19(27)30-3)7-8-31(4,5)6/h9H,10-11H2,1-6H3,(H,23,27). The number of halogens is 2. The Balaban J connectivity index is 2.54. The number of rotatable bonds is 5. The van der Waals surface area contributed by atoms with Crippen molar-refractivity contribution in [3.8, 4) is 17.2 Å². The molecule has 2 rings (SSSR count). The first-order valence-corrected chi connectivity index (χ1v) is 12.7. The zero-order valence-electron chi connectivity index (χ0n) is 18.1. The van der Waals surface area contributed by atoms with Gasteiger partial charge in [0.05, 0.1) is 33.4 Å². The van der Waals surface area contributed by atoms with E-state index in [2.05, 4.69) is 21.5 Å². The monoisotopic (exact) mass is 454 g/mol. The highest BCUT2D eigenvalue weighted by atomic mass is 28.3. The maximum atomic E-state index is 14.7. The van der Waals surface area contributed by atoms with E-state index in [1.807, 2.05) is 19.6 Å². The van der Waals surface area contributed by atoms with E-state index in [1.54, 1.807) is 0 Å². The molecule has 2 amide bonds. The van der Waals surface area contributed by atoms with Gasteiger partial charge in [0, 0.05) is 6.54 Å². The number of hydrogen-bond donors (Lipinski definition) is 1. The van der Waals surface area contributed by atoms with Crippen molar-refractivity contribution in [2.24, 2.45) is 0 Å². The third-order valence-electron chi connectivity index (χ3n) is 4.44. The summed E-state index contributed by atoms with van der Waals surface area (Å²) < 4.78 is 42.9. The molecule has 1 aliphatic rings. The molecule has 1 N–H and O–H groups in total. The molecule has 0 aliphatic carbocycles. The first kappa shape index (κ1) is 24.1. The zero-order chi connectivity index (χ0) is 23.6. The van der Waals surface area contributed by atoms with Crippen LogP contribution < -0.4 is 10.1 Å². The highest BCUT2D eigenvalue weighted by Crippen LogP contribution is 2.34. The van der Waals surface area contributed by atoms with E-state index in [9.17, 15) is 23.2 Å². The zero-order valence-corrected chi connectivity index (χ0v) is 19.1. The topological polar surface area (TPSA) is 94.2 Å². The first-order valence-electron chi connectivity index (χ1n) is 9.22. The predicted octanol–water partition coefficient (Wildman–Crippen LogP) is 2.08. The SMILES string of the molecule is COC(=O)NC(C#C[Si](C)(C)C)(CN1Cc2cc(F)c(OC)c(F)c2C1=O)C(=O)OC. The number of nitrogens with zero attached hydrogens (tertiary/aromatic N) is 1. The molecule has 8 nitrogen and oxygen atoms in total. The minimum Gasteiger partial charge on any atom is -0.491 e. The smallest absolute Gasteiger partial charge is 0.408 e. The van der Waals surface area contributed by atoms with Gasteiger partial charge in [-0.05, 0) is 11.6 Å². The Hall–Kier alpha value is -3.13. The fourth-order valence-electron chi connectivity index (χ4n) is 3.01. The van der Waals surface area contributed by atoms with E-state index in [0.717, 1.165) is 32.3 Å². The second kappa shape index (κ2) is 8.93. The molecular formula is C20H24F2N2O6Si. The highest BCUT2D eigenvalue weighted by Gasteiger charge is 2.46. The van der Waals surface area contributed by atoms with Gasteiger partial charge in [0.15, 0.2) is 17.4 Å². The molecule has 0 bridgehead atoms. The number of carbonyl (C=O) groups excluding carboxylic acids is 3. The summed E-state index contributed by atoms with van der Waals surface area (Å²) in [7, 11) is 1.25. The lowest BCUT2D eigenvalue weighted by Crippen LogP contribution is -2.60. The van der Waals surface area contributed by atoms with E-state index < -0.39 is 55.5 Å². The van der Waals surface area contributed by atoms with Crippen LogP contribution in [0, 0.1) is 23.1 Å². The summed E-state index contributed by atoms with van der Waals surface area (Å²) in [6.07, 6.45) is -0.974. The van der Waals surface area contributed by atoms with Gasteiger partial charge in [-0.3, -0.25) is 10.1 Å². The lowest BCUT2D eigenvalue weighted by Gasteiger charge is -2.31. The van der Waals surface area contributed by atoms with Crippen LogP contribution in [-0.2, 0) is 20.8 Å². The van der Waals surface area contributed by atoms with E-state index in [-0.39, 0.29) is 17.7 Å². The molecule has 0 aromatic heterocycles. The number of amides is 2. The number of nitrogens with one attached hydrogen (secondary N) is 1. The van der Waals surface area contributed by atoms with Gasteiger partial charge in [0.2, 0.25) is 5.54 Å². The minimum atomic E-state index is -2.04. The Bertz CT molecular complexity index is 983. The summed E-state index contributed by atoms with van der Waals surface area (Å²) in [5.74, 6) is -1.76. The molecule has 1 atom stereocenters. The molecule has 31 heavy (non-hydrogen) atoms.